The van der Waals surface area contributed by atoms with Gasteiger partial charge >= 0.3 is 0 Å². The fourth-order valence-corrected chi connectivity index (χ4v) is 3.60. The van der Waals surface area contributed by atoms with Crippen LogP contribution in [0.1, 0.15) is 17.1 Å². The van der Waals surface area contributed by atoms with Gasteiger partial charge < -0.3 is 19.2 Å². The molecule has 32 heavy (non-hydrogen) atoms. The van der Waals surface area contributed by atoms with E-state index < -0.39 is 0 Å². The Bertz CT molecular complexity index is 1320. The van der Waals surface area contributed by atoms with Crippen LogP contribution in [0.25, 0.3) is 11.0 Å². The molecule has 1 amide bonds. The Morgan fingerprint density at radius 3 is 2.62 bits per heavy atom. The zero-order valence-electron chi connectivity index (χ0n) is 18.5. The molecule has 0 aliphatic heterocycles. The number of carbonyl (C=O) groups excluding carboxylic acids is 1. The predicted octanol–water partition coefficient (Wildman–Crippen LogP) is 3.38. The number of hydrogen-bond donors (Lipinski definition) is 1. The molecule has 0 aliphatic rings. The molecule has 0 spiro atoms. The van der Waals surface area contributed by atoms with Crippen LogP contribution in [0.2, 0.25) is 0 Å². The van der Waals surface area contributed by atoms with Crippen LogP contribution in [0.5, 0.6) is 5.75 Å². The first kappa shape index (κ1) is 21.4. The average Bonchev–Trinajstić information content (AvgIpc) is 3.09. The van der Waals surface area contributed by atoms with Crippen LogP contribution in [0.4, 0.5) is 5.69 Å². The Balaban J connectivity index is 1.41. The fourth-order valence-electron chi connectivity index (χ4n) is 3.60. The van der Waals surface area contributed by atoms with E-state index in [0.29, 0.717) is 5.69 Å². The standard InChI is InChI=1S/C25H26N4O3/c1-17-13-22(30)23(15-28(17)2)32-16-25(31)26-19-10-11-21-20(14-19)27-24(29(21)3)12-9-18-7-5-4-6-8-18/h4-8,10-11,13-15H,9,12,16H2,1-3H3,(H,26,31). The zero-order chi connectivity index (χ0) is 22.7. The van der Waals surface area contributed by atoms with E-state index in [9.17, 15) is 9.59 Å². The normalized spacial score (nSPS) is 11.0. The average molecular weight is 431 g/mol. The van der Waals surface area contributed by atoms with Crippen LogP contribution in [-0.2, 0) is 31.7 Å². The number of carbonyl (C=O) groups is 1. The summed E-state index contributed by atoms with van der Waals surface area (Å²) in [4.78, 5) is 29.1. The summed E-state index contributed by atoms with van der Waals surface area (Å²) in [6.07, 6.45) is 3.33. The molecule has 4 rings (SSSR count). The second kappa shape index (κ2) is 9.09. The van der Waals surface area contributed by atoms with Crippen molar-refractivity contribution >= 4 is 22.6 Å². The summed E-state index contributed by atoms with van der Waals surface area (Å²) in [6, 6.07) is 17.4. The van der Waals surface area contributed by atoms with Crippen molar-refractivity contribution in [1.82, 2.24) is 14.1 Å². The lowest BCUT2D eigenvalue weighted by atomic mass is 10.1. The molecule has 1 N–H and O–H groups in total. The maximum Gasteiger partial charge on any atom is 0.262 e. The Kier molecular flexibility index (Phi) is 6.07. The number of benzene rings is 2. The van der Waals surface area contributed by atoms with Crippen LogP contribution in [0, 0.1) is 6.92 Å². The lowest BCUT2D eigenvalue weighted by Gasteiger charge is -2.09. The van der Waals surface area contributed by atoms with Gasteiger partial charge in [-0.25, -0.2) is 4.98 Å². The van der Waals surface area contributed by atoms with Gasteiger partial charge in [0, 0.05) is 44.2 Å². The van der Waals surface area contributed by atoms with Gasteiger partial charge in [-0.3, -0.25) is 9.59 Å². The number of hydrogen-bond acceptors (Lipinski definition) is 4. The van der Waals surface area contributed by atoms with Crippen molar-refractivity contribution in [3.05, 3.63) is 88.1 Å². The topological polar surface area (TPSA) is 78.2 Å². The highest BCUT2D eigenvalue weighted by Gasteiger charge is 2.11. The molecule has 0 atom stereocenters. The van der Waals surface area contributed by atoms with Crippen molar-refractivity contribution in [2.24, 2.45) is 14.1 Å². The molecule has 2 aromatic heterocycles. The monoisotopic (exact) mass is 430 g/mol. The first-order valence-corrected chi connectivity index (χ1v) is 10.5. The van der Waals surface area contributed by atoms with E-state index in [-0.39, 0.29) is 23.7 Å². The summed E-state index contributed by atoms with van der Waals surface area (Å²) in [5.74, 6) is 0.801. The van der Waals surface area contributed by atoms with Crippen LogP contribution < -0.4 is 15.5 Å². The molecule has 164 valence electrons. The molecule has 2 heterocycles. The molecule has 0 radical (unpaired) electrons. The zero-order valence-corrected chi connectivity index (χ0v) is 18.5. The Morgan fingerprint density at radius 1 is 1.06 bits per heavy atom. The number of nitrogens with one attached hydrogen (secondary N) is 1. The smallest absolute Gasteiger partial charge is 0.262 e. The van der Waals surface area contributed by atoms with Crippen LogP contribution in [0.15, 0.2) is 65.6 Å². The van der Waals surface area contributed by atoms with Crippen molar-refractivity contribution in [3.8, 4) is 5.75 Å². The van der Waals surface area contributed by atoms with Crippen molar-refractivity contribution in [3.63, 3.8) is 0 Å². The van der Waals surface area contributed by atoms with Gasteiger partial charge in [-0.15, -0.1) is 0 Å². The molecule has 4 aromatic rings. The molecule has 0 fully saturated rings. The molecule has 0 saturated carbocycles. The molecular formula is C25H26N4O3. The highest BCUT2D eigenvalue weighted by atomic mass is 16.5. The van der Waals surface area contributed by atoms with E-state index in [1.807, 2.05) is 57.4 Å². The quantitative estimate of drug-likeness (QED) is 0.488. The number of nitrogens with zero attached hydrogens (tertiary/aromatic N) is 3. The van der Waals surface area contributed by atoms with Gasteiger partial charge in [-0.1, -0.05) is 30.3 Å². The van der Waals surface area contributed by atoms with E-state index in [4.69, 9.17) is 9.72 Å². The SMILES string of the molecule is Cc1cc(=O)c(OCC(=O)Nc2ccc3c(c2)nc(CCc2ccccc2)n3C)cn1C. The fraction of sp³-hybridized carbons (Fsp3) is 0.240. The van der Waals surface area contributed by atoms with Gasteiger partial charge in [0.25, 0.3) is 5.91 Å². The minimum Gasteiger partial charge on any atom is -0.478 e. The molecule has 7 nitrogen and oxygen atoms in total. The van der Waals surface area contributed by atoms with E-state index >= 15 is 0 Å². The van der Waals surface area contributed by atoms with E-state index in [2.05, 4.69) is 22.0 Å². The largest absolute Gasteiger partial charge is 0.478 e. The number of anilines is 1. The molecular weight excluding hydrogens is 404 g/mol. The van der Waals surface area contributed by atoms with Crippen molar-refractivity contribution in [2.45, 2.75) is 19.8 Å². The summed E-state index contributed by atoms with van der Waals surface area (Å²) in [5.41, 5.74) is 4.31. The van der Waals surface area contributed by atoms with Gasteiger partial charge in [0.2, 0.25) is 5.43 Å². The minimum absolute atomic E-state index is 0.150. The first-order valence-electron chi connectivity index (χ1n) is 10.5. The highest BCUT2D eigenvalue weighted by Crippen LogP contribution is 2.21. The van der Waals surface area contributed by atoms with Crippen LogP contribution in [0.3, 0.4) is 0 Å². The summed E-state index contributed by atoms with van der Waals surface area (Å²) in [6.45, 7) is 1.58. The third-order valence-electron chi connectivity index (χ3n) is 5.55. The summed E-state index contributed by atoms with van der Waals surface area (Å²) < 4.78 is 9.29. The van der Waals surface area contributed by atoms with Gasteiger partial charge in [-0.05, 0) is 37.1 Å². The number of fused-ring (bicyclic) bond motifs is 1. The first-order chi connectivity index (χ1) is 15.4. The molecule has 7 heteroatoms. The predicted molar refractivity (Wildman–Crippen MR) is 125 cm³/mol. The third-order valence-corrected chi connectivity index (χ3v) is 5.55. The number of amides is 1. The lowest BCUT2D eigenvalue weighted by Crippen LogP contribution is -2.22. The number of aryl methyl sites for hydroxylation is 5. The Labute approximate surface area is 186 Å². The second-order valence-electron chi connectivity index (χ2n) is 7.87. The molecule has 0 saturated heterocycles. The maximum absolute atomic E-state index is 12.3. The molecule has 0 bridgehead atoms. The number of rotatable bonds is 7. The van der Waals surface area contributed by atoms with Crippen molar-refractivity contribution < 1.29 is 9.53 Å². The Hall–Kier alpha value is -3.87. The minimum atomic E-state index is -0.341. The molecule has 2 aromatic carbocycles. The summed E-state index contributed by atoms with van der Waals surface area (Å²) in [7, 11) is 3.82. The van der Waals surface area contributed by atoms with Gasteiger partial charge in [0.15, 0.2) is 12.4 Å². The number of pyridine rings is 1. The maximum atomic E-state index is 12.3. The van der Waals surface area contributed by atoms with Crippen molar-refractivity contribution in [1.29, 1.82) is 0 Å². The number of ether oxygens (including phenoxy) is 1. The molecule has 0 unspecified atom stereocenters. The lowest BCUT2D eigenvalue weighted by molar-refractivity contribution is -0.118. The number of imidazole rings is 1. The van der Waals surface area contributed by atoms with Crippen molar-refractivity contribution in [2.75, 3.05) is 11.9 Å². The number of aromatic nitrogens is 3. The van der Waals surface area contributed by atoms with Gasteiger partial charge in [0.1, 0.15) is 5.82 Å². The van der Waals surface area contributed by atoms with Gasteiger partial charge in [0.05, 0.1) is 11.0 Å². The van der Waals surface area contributed by atoms with Crippen LogP contribution in [-0.4, -0.2) is 26.6 Å². The highest BCUT2D eigenvalue weighted by molar-refractivity contribution is 5.94. The van der Waals surface area contributed by atoms with Gasteiger partial charge in [-0.2, -0.15) is 0 Å². The van der Waals surface area contributed by atoms with E-state index in [1.54, 1.807) is 10.8 Å². The van der Waals surface area contributed by atoms with E-state index in [0.717, 1.165) is 35.4 Å². The van der Waals surface area contributed by atoms with Crippen LogP contribution >= 0.6 is 0 Å². The Morgan fingerprint density at radius 2 is 1.84 bits per heavy atom. The second-order valence-corrected chi connectivity index (χ2v) is 7.87. The summed E-state index contributed by atoms with van der Waals surface area (Å²) >= 11 is 0. The van der Waals surface area contributed by atoms with E-state index in [1.165, 1.54) is 11.6 Å². The third kappa shape index (κ3) is 4.72. The summed E-state index contributed by atoms with van der Waals surface area (Å²) in [5, 5.41) is 2.81. The molecule has 0 aliphatic carbocycles.